The van der Waals surface area contributed by atoms with E-state index in [4.69, 9.17) is 0 Å². The molecule has 1 heteroatoms. The molecule has 82 valence electrons. The molecule has 2 atom stereocenters. The molecule has 0 bridgehead atoms. The summed E-state index contributed by atoms with van der Waals surface area (Å²) in [6, 6.07) is 0. The molecule has 1 N–H and O–H groups in total. The highest BCUT2D eigenvalue weighted by Crippen LogP contribution is 2.42. The van der Waals surface area contributed by atoms with Crippen LogP contribution in [-0.4, -0.2) is 12.1 Å². The summed E-state index contributed by atoms with van der Waals surface area (Å²) in [5.41, 5.74) is 0.546. The third kappa shape index (κ3) is 1.84. The number of rotatable bonds is 1. The molecule has 2 rings (SSSR count). The first-order valence-corrected chi connectivity index (χ1v) is 6.50. The number of piperidine rings is 1. The molecule has 0 aromatic carbocycles. The van der Waals surface area contributed by atoms with Crippen molar-refractivity contribution in [2.24, 2.45) is 11.8 Å². The van der Waals surface area contributed by atoms with Gasteiger partial charge in [-0.25, -0.2) is 0 Å². The molecule has 0 aromatic heterocycles. The van der Waals surface area contributed by atoms with E-state index in [2.05, 4.69) is 19.2 Å². The molecule has 2 aliphatic rings. The van der Waals surface area contributed by atoms with Crippen LogP contribution in [0.4, 0.5) is 0 Å². The number of nitrogens with one attached hydrogen (secondary N) is 1. The summed E-state index contributed by atoms with van der Waals surface area (Å²) >= 11 is 0. The van der Waals surface area contributed by atoms with E-state index < -0.39 is 0 Å². The lowest BCUT2D eigenvalue weighted by Crippen LogP contribution is -2.56. The Labute approximate surface area is 88.7 Å². The maximum absolute atomic E-state index is 3.87. The summed E-state index contributed by atoms with van der Waals surface area (Å²) in [5, 5.41) is 3.87. The Morgan fingerprint density at radius 3 is 2.36 bits per heavy atom. The zero-order valence-electron chi connectivity index (χ0n) is 9.81. The normalized spacial score (nSPS) is 39.2. The molecule has 1 heterocycles. The minimum atomic E-state index is 0.546. The van der Waals surface area contributed by atoms with Gasteiger partial charge < -0.3 is 5.32 Å². The van der Waals surface area contributed by atoms with Gasteiger partial charge in [-0.15, -0.1) is 0 Å². The molecular formula is C13H25N. The van der Waals surface area contributed by atoms with E-state index in [1.54, 1.807) is 0 Å². The van der Waals surface area contributed by atoms with Gasteiger partial charge in [0.05, 0.1) is 0 Å². The van der Waals surface area contributed by atoms with Gasteiger partial charge >= 0.3 is 0 Å². The van der Waals surface area contributed by atoms with E-state index in [9.17, 15) is 0 Å². The van der Waals surface area contributed by atoms with Crippen LogP contribution in [0.3, 0.4) is 0 Å². The Hall–Kier alpha value is -0.0400. The van der Waals surface area contributed by atoms with Crippen LogP contribution in [-0.2, 0) is 0 Å². The van der Waals surface area contributed by atoms with Gasteiger partial charge in [0, 0.05) is 5.54 Å². The van der Waals surface area contributed by atoms with E-state index in [0.717, 1.165) is 11.8 Å². The fourth-order valence-electron chi connectivity index (χ4n) is 3.76. The van der Waals surface area contributed by atoms with Crippen molar-refractivity contribution in [2.75, 3.05) is 6.54 Å². The molecule has 0 radical (unpaired) electrons. The van der Waals surface area contributed by atoms with Crippen LogP contribution in [0.25, 0.3) is 0 Å². The zero-order valence-corrected chi connectivity index (χ0v) is 9.81. The zero-order chi connectivity index (χ0) is 10.0. The van der Waals surface area contributed by atoms with Crippen molar-refractivity contribution in [2.45, 2.75) is 64.3 Å². The maximum Gasteiger partial charge on any atom is 0.0212 e. The smallest absolute Gasteiger partial charge is 0.0212 e. The van der Waals surface area contributed by atoms with E-state index in [1.807, 2.05) is 0 Å². The average Bonchev–Trinajstić information content (AvgIpc) is 2.19. The predicted octanol–water partition coefficient (Wildman–Crippen LogP) is 3.34. The minimum absolute atomic E-state index is 0.546. The lowest BCUT2D eigenvalue weighted by Gasteiger charge is -2.49. The van der Waals surface area contributed by atoms with Crippen LogP contribution in [0.2, 0.25) is 0 Å². The fraction of sp³-hybridized carbons (Fsp3) is 1.00. The summed E-state index contributed by atoms with van der Waals surface area (Å²) in [6.45, 7) is 6.09. The van der Waals surface area contributed by atoms with Crippen LogP contribution in [0.15, 0.2) is 0 Å². The standard InChI is InChI=1S/C13H25N/c1-11(2)12-7-3-4-8-13(12)9-5-6-10-14-13/h11-12,14H,3-10H2,1-2H3. The van der Waals surface area contributed by atoms with Crippen molar-refractivity contribution in [3.63, 3.8) is 0 Å². The second-order valence-electron chi connectivity index (χ2n) is 5.64. The molecule has 1 saturated carbocycles. The van der Waals surface area contributed by atoms with Gasteiger partial charge in [0.2, 0.25) is 0 Å². The largest absolute Gasteiger partial charge is 0.311 e. The minimum Gasteiger partial charge on any atom is -0.311 e. The molecule has 0 aromatic rings. The number of hydrogen-bond acceptors (Lipinski definition) is 1. The summed E-state index contributed by atoms with van der Waals surface area (Å²) in [7, 11) is 0. The van der Waals surface area contributed by atoms with E-state index in [-0.39, 0.29) is 0 Å². The van der Waals surface area contributed by atoms with Gasteiger partial charge in [-0.3, -0.25) is 0 Å². The van der Waals surface area contributed by atoms with Gasteiger partial charge in [0.25, 0.3) is 0 Å². The number of hydrogen-bond donors (Lipinski definition) is 1. The van der Waals surface area contributed by atoms with Crippen molar-refractivity contribution in [3.8, 4) is 0 Å². The summed E-state index contributed by atoms with van der Waals surface area (Å²) in [4.78, 5) is 0. The molecule has 1 nitrogen and oxygen atoms in total. The summed E-state index contributed by atoms with van der Waals surface area (Å²) in [5.74, 6) is 1.80. The first-order valence-electron chi connectivity index (χ1n) is 6.50. The Morgan fingerprint density at radius 1 is 1.07 bits per heavy atom. The first kappa shape index (κ1) is 10.5. The molecule has 14 heavy (non-hydrogen) atoms. The van der Waals surface area contributed by atoms with Crippen molar-refractivity contribution in [3.05, 3.63) is 0 Å². The van der Waals surface area contributed by atoms with E-state index in [1.165, 1.54) is 51.5 Å². The van der Waals surface area contributed by atoms with Crippen LogP contribution in [0.5, 0.6) is 0 Å². The molecule has 1 aliphatic heterocycles. The Bertz CT molecular complexity index is 171. The summed E-state index contributed by atoms with van der Waals surface area (Å²) in [6.07, 6.45) is 10.1. The molecular weight excluding hydrogens is 170 g/mol. The topological polar surface area (TPSA) is 12.0 Å². The second-order valence-corrected chi connectivity index (χ2v) is 5.64. The Kier molecular flexibility index (Phi) is 3.16. The lowest BCUT2D eigenvalue weighted by molar-refractivity contribution is 0.0754. The van der Waals surface area contributed by atoms with Crippen LogP contribution >= 0.6 is 0 Å². The van der Waals surface area contributed by atoms with Crippen LogP contribution in [0, 0.1) is 11.8 Å². The average molecular weight is 195 g/mol. The lowest BCUT2D eigenvalue weighted by atomic mass is 9.65. The monoisotopic (exact) mass is 195 g/mol. The van der Waals surface area contributed by atoms with E-state index in [0.29, 0.717) is 5.54 Å². The molecule has 1 spiro atoms. The molecule has 0 amide bonds. The molecule has 1 saturated heterocycles. The van der Waals surface area contributed by atoms with Crippen LogP contribution < -0.4 is 5.32 Å². The third-order valence-electron chi connectivity index (χ3n) is 4.43. The van der Waals surface area contributed by atoms with Crippen molar-refractivity contribution >= 4 is 0 Å². The highest BCUT2D eigenvalue weighted by atomic mass is 15.0. The highest BCUT2D eigenvalue weighted by molar-refractivity contribution is 4.99. The Balaban J connectivity index is 2.10. The quantitative estimate of drug-likeness (QED) is 0.676. The fourth-order valence-corrected chi connectivity index (χ4v) is 3.76. The van der Waals surface area contributed by atoms with E-state index >= 15 is 0 Å². The van der Waals surface area contributed by atoms with Gasteiger partial charge in [0.1, 0.15) is 0 Å². The first-order chi connectivity index (χ1) is 6.75. The molecule has 1 aliphatic carbocycles. The van der Waals surface area contributed by atoms with Crippen LogP contribution in [0.1, 0.15) is 58.8 Å². The second kappa shape index (κ2) is 4.22. The summed E-state index contributed by atoms with van der Waals surface area (Å²) < 4.78 is 0. The van der Waals surface area contributed by atoms with Crippen molar-refractivity contribution in [1.82, 2.24) is 5.32 Å². The molecule has 2 fully saturated rings. The predicted molar refractivity (Wildman–Crippen MR) is 61.4 cm³/mol. The maximum atomic E-state index is 3.87. The Morgan fingerprint density at radius 2 is 1.79 bits per heavy atom. The van der Waals surface area contributed by atoms with Crippen molar-refractivity contribution < 1.29 is 0 Å². The SMILES string of the molecule is CC(C)C1CCCCC12CCCCN2. The molecule has 2 unspecified atom stereocenters. The van der Waals surface area contributed by atoms with Gasteiger partial charge in [-0.05, 0) is 44.1 Å². The van der Waals surface area contributed by atoms with Crippen molar-refractivity contribution in [1.29, 1.82) is 0 Å². The van der Waals surface area contributed by atoms with Gasteiger partial charge in [-0.1, -0.05) is 33.1 Å². The van der Waals surface area contributed by atoms with Gasteiger partial charge in [-0.2, -0.15) is 0 Å². The highest BCUT2D eigenvalue weighted by Gasteiger charge is 2.42. The third-order valence-corrected chi connectivity index (χ3v) is 4.43. The van der Waals surface area contributed by atoms with Gasteiger partial charge in [0.15, 0.2) is 0 Å².